The van der Waals surface area contributed by atoms with Crippen molar-refractivity contribution in [2.75, 3.05) is 0 Å². The minimum atomic E-state index is 0.694. The molecule has 0 fully saturated rings. The molecule has 3 aromatic rings. The van der Waals surface area contributed by atoms with Gasteiger partial charge < -0.3 is 4.98 Å². The van der Waals surface area contributed by atoms with Crippen molar-refractivity contribution in [1.29, 1.82) is 0 Å². The highest BCUT2D eigenvalue weighted by atomic mass is 32.1. The Bertz CT molecular complexity index is 740. The van der Waals surface area contributed by atoms with Gasteiger partial charge in [-0.2, -0.15) is 0 Å². The van der Waals surface area contributed by atoms with Gasteiger partial charge in [-0.25, -0.2) is 0 Å². The van der Waals surface area contributed by atoms with Crippen LogP contribution in [0, 0.1) is 11.7 Å². The molecule has 4 heteroatoms. The number of aryl methyl sites for hydroxylation is 1. The fourth-order valence-corrected chi connectivity index (χ4v) is 2.22. The Morgan fingerprint density at radius 3 is 2.88 bits per heavy atom. The number of aromatic amines is 1. The molecule has 1 N–H and O–H groups in total. The molecular weight excluding hydrogens is 230 g/mol. The van der Waals surface area contributed by atoms with Crippen LogP contribution in [-0.2, 0) is 0 Å². The summed E-state index contributed by atoms with van der Waals surface area (Å²) in [6.07, 6.45) is 3.82. The van der Waals surface area contributed by atoms with Crippen LogP contribution in [0.2, 0.25) is 0 Å². The second kappa shape index (κ2) is 3.82. The lowest BCUT2D eigenvalue weighted by molar-refractivity contribution is 1.02. The third kappa shape index (κ3) is 1.76. The summed E-state index contributed by atoms with van der Waals surface area (Å²) in [5, 5.41) is 1.12. The maximum absolute atomic E-state index is 5.26. The highest BCUT2D eigenvalue weighted by molar-refractivity contribution is 7.71. The number of H-pyrrole nitrogens is 1. The fourth-order valence-electron chi connectivity index (χ4n) is 1.90. The molecule has 3 nitrogen and oxygen atoms in total. The number of hydrogen-bond acceptors (Lipinski definition) is 2. The number of nitrogens with zero attached hydrogens (tertiary/aromatic N) is 2. The predicted molar refractivity (Wildman–Crippen MR) is 71.0 cm³/mol. The van der Waals surface area contributed by atoms with Crippen LogP contribution >= 0.6 is 12.2 Å². The lowest BCUT2D eigenvalue weighted by atomic mass is 10.2. The monoisotopic (exact) mass is 241 g/mol. The summed E-state index contributed by atoms with van der Waals surface area (Å²) in [6.45, 7) is 1.99. The van der Waals surface area contributed by atoms with Crippen molar-refractivity contribution in [2.24, 2.45) is 0 Å². The van der Waals surface area contributed by atoms with Gasteiger partial charge in [0.25, 0.3) is 0 Å². The van der Waals surface area contributed by atoms with Gasteiger partial charge in [0.15, 0.2) is 4.77 Å². The average molecular weight is 241 g/mol. The molecule has 0 bridgehead atoms. The molecular formula is C13H11N3S. The highest BCUT2D eigenvalue weighted by Crippen LogP contribution is 2.16. The van der Waals surface area contributed by atoms with Gasteiger partial charge in [0.05, 0.1) is 17.4 Å². The van der Waals surface area contributed by atoms with Gasteiger partial charge in [-0.1, -0.05) is 18.2 Å². The molecule has 0 aliphatic heterocycles. The first-order valence-electron chi connectivity index (χ1n) is 5.37. The number of fused-ring (bicyclic) bond motifs is 1. The number of benzene rings is 1. The lowest BCUT2D eigenvalue weighted by Gasteiger charge is -2.03. The first-order valence-corrected chi connectivity index (χ1v) is 5.78. The quantitative estimate of drug-likeness (QED) is 0.662. The van der Waals surface area contributed by atoms with E-state index in [1.807, 2.05) is 42.1 Å². The third-order valence-electron chi connectivity index (χ3n) is 2.70. The Hall–Kier alpha value is -1.94. The van der Waals surface area contributed by atoms with E-state index in [4.69, 9.17) is 12.2 Å². The SMILES string of the molecule is Cc1cn(-c2cnc3ccccc3c2)c(=S)[nH]1. The van der Waals surface area contributed by atoms with Crippen molar-refractivity contribution in [2.45, 2.75) is 6.92 Å². The lowest BCUT2D eigenvalue weighted by Crippen LogP contribution is -1.93. The van der Waals surface area contributed by atoms with E-state index in [-0.39, 0.29) is 0 Å². The van der Waals surface area contributed by atoms with Crippen LogP contribution in [0.15, 0.2) is 42.7 Å². The standard InChI is InChI=1S/C13H11N3S/c1-9-8-16(13(17)15-9)11-6-10-4-2-3-5-12(10)14-7-11/h2-8H,1H3,(H,15,17). The van der Waals surface area contributed by atoms with Crippen molar-refractivity contribution in [3.63, 3.8) is 0 Å². The zero-order chi connectivity index (χ0) is 11.8. The molecule has 0 aliphatic carbocycles. The van der Waals surface area contributed by atoms with Crippen molar-refractivity contribution in [3.8, 4) is 5.69 Å². The minimum Gasteiger partial charge on any atom is -0.335 e. The average Bonchev–Trinajstić information content (AvgIpc) is 2.68. The highest BCUT2D eigenvalue weighted by Gasteiger charge is 2.02. The number of rotatable bonds is 1. The number of aromatic nitrogens is 3. The third-order valence-corrected chi connectivity index (χ3v) is 3.00. The summed E-state index contributed by atoms with van der Waals surface area (Å²) in [6, 6.07) is 10.1. The molecule has 2 heterocycles. The Morgan fingerprint density at radius 1 is 1.29 bits per heavy atom. The molecule has 0 saturated carbocycles. The van der Waals surface area contributed by atoms with E-state index in [2.05, 4.69) is 22.1 Å². The van der Waals surface area contributed by atoms with Crippen LogP contribution in [0.3, 0.4) is 0 Å². The van der Waals surface area contributed by atoms with Gasteiger partial charge in [0.2, 0.25) is 0 Å². The summed E-state index contributed by atoms with van der Waals surface area (Å²) in [5.41, 5.74) is 3.02. The molecule has 3 rings (SSSR count). The van der Waals surface area contributed by atoms with E-state index >= 15 is 0 Å². The van der Waals surface area contributed by atoms with Crippen LogP contribution in [0.5, 0.6) is 0 Å². The molecule has 2 aromatic heterocycles. The van der Waals surface area contributed by atoms with Crippen LogP contribution in [0.4, 0.5) is 0 Å². The van der Waals surface area contributed by atoms with Gasteiger partial charge >= 0.3 is 0 Å². The molecule has 17 heavy (non-hydrogen) atoms. The van der Waals surface area contributed by atoms with Gasteiger partial charge in [0, 0.05) is 17.3 Å². The number of hydrogen-bond donors (Lipinski definition) is 1. The number of imidazole rings is 1. The summed E-state index contributed by atoms with van der Waals surface area (Å²) in [5.74, 6) is 0. The number of nitrogens with one attached hydrogen (secondary N) is 1. The molecule has 0 aliphatic rings. The molecule has 84 valence electrons. The second-order valence-electron chi connectivity index (χ2n) is 4.00. The summed E-state index contributed by atoms with van der Waals surface area (Å²) < 4.78 is 2.63. The summed E-state index contributed by atoms with van der Waals surface area (Å²) in [4.78, 5) is 7.53. The molecule has 0 saturated heterocycles. The maximum atomic E-state index is 5.26. The van der Waals surface area contributed by atoms with Crippen LogP contribution in [-0.4, -0.2) is 14.5 Å². The van der Waals surface area contributed by atoms with E-state index < -0.39 is 0 Å². The van der Waals surface area contributed by atoms with Crippen molar-refractivity contribution < 1.29 is 0 Å². The van der Waals surface area contributed by atoms with E-state index in [9.17, 15) is 0 Å². The second-order valence-corrected chi connectivity index (χ2v) is 4.39. The van der Waals surface area contributed by atoms with E-state index in [1.54, 1.807) is 0 Å². The van der Waals surface area contributed by atoms with E-state index in [1.165, 1.54) is 0 Å². The zero-order valence-corrected chi connectivity index (χ0v) is 10.2. The van der Waals surface area contributed by atoms with Crippen LogP contribution in [0.1, 0.15) is 5.69 Å². The number of para-hydroxylation sites is 1. The normalized spacial score (nSPS) is 10.9. The number of pyridine rings is 1. The summed E-state index contributed by atoms with van der Waals surface area (Å²) >= 11 is 5.26. The zero-order valence-electron chi connectivity index (χ0n) is 9.34. The minimum absolute atomic E-state index is 0.694. The summed E-state index contributed by atoms with van der Waals surface area (Å²) in [7, 11) is 0. The Balaban J connectivity index is 2.25. The van der Waals surface area contributed by atoms with Crippen LogP contribution in [0.25, 0.3) is 16.6 Å². The molecule has 0 amide bonds. The fraction of sp³-hybridized carbons (Fsp3) is 0.0769. The topological polar surface area (TPSA) is 33.6 Å². The Labute approximate surface area is 104 Å². The molecule has 0 spiro atoms. The van der Waals surface area contributed by atoms with Crippen molar-refractivity contribution in [1.82, 2.24) is 14.5 Å². The maximum Gasteiger partial charge on any atom is 0.182 e. The van der Waals surface area contributed by atoms with E-state index in [0.29, 0.717) is 4.77 Å². The molecule has 0 atom stereocenters. The van der Waals surface area contributed by atoms with E-state index in [0.717, 1.165) is 22.3 Å². The smallest absolute Gasteiger partial charge is 0.182 e. The Morgan fingerprint density at radius 2 is 2.12 bits per heavy atom. The Kier molecular flexibility index (Phi) is 2.30. The van der Waals surface area contributed by atoms with Crippen LogP contribution < -0.4 is 0 Å². The van der Waals surface area contributed by atoms with Crippen molar-refractivity contribution in [3.05, 3.63) is 53.2 Å². The first-order chi connectivity index (χ1) is 8.24. The molecule has 1 aromatic carbocycles. The van der Waals surface area contributed by atoms with Gasteiger partial charge in [0.1, 0.15) is 0 Å². The van der Waals surface area contributed by atoms with Gasteiger partial charge in [-0.3, -0.25) is 9.55 Å². The first kappa shape index (κ1) is 10.2. The van der Waals surface area contributed by atoms with Crippen molar-refractivity contribution >= 4 is 23.1 Å². The van der Waals surface area contributed by atoms with Gasteiger partial charge in [-0.15, -0.1) is 0 Å². The van der Waals surface area contributed by atoms with Gasteiger partial charge in [-0.05, 0) is 31.3 Å². The predicted octanol–water partition coefficient (Wildman–Crippen LogP) is 3.39. The molecule has 0 radical (unpaired) electrons. The largest absolute Gasteiger partial charge is 0.335 e. The molecule has 0 unspecified atom stereocenters.